The molecule has 2 N–H and O–H groups in total. The standard InChI is InChI=1S/C19H16N4O2/c1-10-4-5-15(24-3)11(2)16(10)23-17-13(12(8-20)19(23)21)9-22-14-6-7-25-18(14)17/h4-7,9H,21H2,1-3H3. The number of nitrogen functional groups attached to an aromatic ring is 1. The van der Waals surface area contributed by atoms with Gasteiger partial charge in [-0.05, 0) is 25.5 Å². The van der Waals surface area contributed by atoms with Gasteiger partial charge in [-0.3, -0.25) is 9.55 Å². The first-order valence-corrected chi connectivity index (χ1v) is 7.79. The zero-order valence-corrected chi connectivity index (χ0v) is 14.1. The Kier molecular flexibility index (Phi) is 3.19. The first-order valence-electron chi connectivity index (χ1n) is 7.79. The number of hydrogen-bond acceptors (Lipinski definition) is 5. The smallest absolute Gasteiger partial charge is 0.176 e. The molecule has 124 valence electrons. The van der Waals surface area contributed by atoms with Crippen LogP contribution < -0.4 is 10.5 Å². The number of benzene rings is 1. The molecule has 4 rings (SSSR count). The normalized spacial score (nSPS) is 11.1. The number of ether oxygens (including phenoxy) is 1. The van der Waals surface area contributed by atoms with Gasteiger partial charge in [-0.1, -0.05) is 6.07 Å². The highest BCUT2D eigenvalue weighted by Gasteiger charge is 2.23. The van der Waals surface area contributed by atoms with Gasteiger partial charge in [0.15, 0.2) is 5.58 Å². The third-order valence-corrected chi connectivity index (χ3v) is 4.58. The van der Waals surface area contributed by atoms with Crippen LogP contribution in [0.3, 0.4) is 0 Å². The summed E-state index contributed by atoms with van der Waals surface area (Å²) in [6.07, 6.45) is 3.26. The fourth-order valence-electron chi connectivity index (χ4n) is 3.41. The van der Waals surface area contributed by atoms with Crippen LogP contribution in [0.4, 0.5) is 5.82 Å². The molecular weight excluding hydrogens is 316 g/mol. The molecular formula is C19H16N4O2. The van der Waals surface area contributed by atoms with E-state index in [1.165, 1.54) is 0 Å². The van der Waals surface area contributed by atoms with Gasteiger partial charge in [0.2, 0.25) is 0 Å². The van der Waals surface area contributed by atoms with E-state index in [0.29, 0.717) is 27.9 Å². The van der Waals surface area contributed by atoms with Gasteiger partial charge >= 0.3 is 0 Å². The zero-order valence-electron chi connectivity index (χ0n) is 14.1. The van der Waals surface area contributed by atoms with Crippen molar-refractivity contribution in [1.82, 2.24) is 9.55 Å². The van der Waals surface area contributed by atoms with Gasteiger partial charge in [-0.2, -0.15) is 5.26 Å². The predicted octanol–water partition coefficient (Wildman–Crippen LogP) is 3.85. The Bertz CT molecular complexity index is 1180. The highest BCUT2D eigenvalue weighted by atomic mass is 16.5. The summed E-state index contributed by atoms with van der Waals surface area (Å²) in [5.41, 5.74) is 11.7. The van der Waals surface area contributed by atoms with Crippen LogP contribution in [0, 0.1) is 25.2 Å². The van der Waals surface area contributed by atoms with Crippen LogP contribution in [0.2, 0.25) is 0 Å². The number of aryl methyl sites for hydroxylation is 1. The molecule has 1 aromatic carbocycles. The molecule has 3 aromatic heterocycles. The second-order valence-electron chi connectivity index (χ2n) is 5.92. The highest BCUT2D eigenvalue weighted by molar-refractivity contribution is 6.06. The van der Waals surface area contributed by atoms with Crippen LogP contribution in [-0.2, 0) is 0 Å². The van der Waals surface area contributed by atoms with Crippen LogP contribution in [-0.4, -0.2) is 16.7 Å². The third kappa shape index (κ3) is 1.93. The van der Waals surface area contributed by atoms with Crippen molar-refractivity contribution in [3.8, 4) is 17.5 Å². The number of rotatable bonds is 2. The van der Waals surface area contributed by atoms with Gasteiger partial charge in [0.05, 0.1) is 19.1 Å². The Morgan fingerprint density at radius 1 is 1.28 bits per heavy atom. The van der Waals surface area contributed by atoms with Gasteiger partial charge < -0.3 is 14.9 Å². The lowest BCUT2D eigenvalue weighted by molar-refractivity contribution is 0.411. The van der Waals surface area contributed by atoms with Gasteiger partial charge in [-0.25, -0.2) is 0 Å². The summed E-state index contributed by atoms with van der Waals surface area (Å²) >= 11 is 0. The lowest BCUT2D eigenvalue weighted by Gasteiger charge is -2.17. The molecule has 0 aliphatic carbocycles. The Labute approximate surface area is 144 Å². The van der Waals surface area contributed by atoms with E-state index in [2.05, 4.69) is 11.1 Å². The van der Waals surface area contributed by atoms with Gasteiger partial charge in [0, 0.05) is 23.2 Å². The number of fused-ring (bicyclic) bond motifs is 3. The topological polar surface area (TPSA) is 90.0 Å². The summed E-state index contributed by atoms with van der Waals surface area (Å²) in [4.78, 5) is 4.37. The van der Waals surface area contributed by atoms with Gasteiger partial charge in [-0.15, -0.1) is 0 Å². The molecule has 6 heteroatoms. The van der Waals surface area contributed by atoms with Gasteiger partial charge in [0.1, 0.15) is 34.2 Å². The van der Waals surface area contributed by atoms with Crippen molar-refractivity contribution in [1.29, 1.82) is 5.26 Å². The molecule has 0 aliphatic rings. The molecule has 0 spiro atoms. The van der Waals surface area contributed by atoms with Crippen LogP contribution in [0.25, 0.3) is 27.7 Å². The average Bonchev–Trinajstić information content (AvgIpc) is 3.17. The fraction of sp³-hybridized carbons (Fsp3) is 0.158. The zero-order chi connectivity index (χ0) is 17.7. The number of aromatic nitrogens is 2. The minimum absolute atomic E-state index is 0.364. The maximum atomic E-state index is 9.61. The molecule has 4 aromatic rings. The van der Waals surface area contributed by atoms with Gasteiger partial charge in [0.25, 0.3) is 0 Å². The monoisotopic (exact) mass is 332 g/mol. The van der Waals surface area contributed by atoms with Crippen molar-refractivity contribution in [3.63, 3.8) is 0 Å². The third-order valence-electron chi connectivity index (χ3n) is 4.58. The number of anilines is 1. The number of methoxy groups -OCH3 is 1. The molecule has 0 saturated carbocycles. The molecule has 0 atom stereocenters. The maximum Gasteiger partial charge on any atom is 0.176 e. The fourth-order valence-corrected chi connectivity index (χ4v) is 3.41. The predicted molar refractivity (Wildman–Crippen MR) is 96.0 cm³/mol. The summed E-state index contributed by atoms with van der Waals surface area (Å²) < 4.78 is 13.0. The second kappa shape index (κ2) is 5.28. The van der Waals surface area contributed by atoms with Crippen molar-refractivity contribution in [3.05, 3.63) is 47.3 Å². The minimum atomic E-state index is 0.364. The molecule has 0 fully saturated rings. The molecule has 0 amide bonds. The van der Waals surface area contributed by atoms with Crippen LogP contribution in [0.15, 0.2) is 35.1 Å². The van der Waals surface area contributed by atoms with E-state index in [-0.39, 0.29) is 0 Å². The first kappa shape index (κ1) is 15.1. The van der Waals surface area contributed by atoms with E-state index in [0.717, 1.165) is 28.1 Å². The van der Waals surface area contributed by atoms with E-state index in [1.54, 1.807) is 25.6 Å². The van der Waals surface area contributed by atoms with Crippen LogP contribution in [0.1, 0.15) is 16.7 Å². The Morgan fingerprint density at radius 2 is 2.08 bits per heavy atom. The summed E-state index contributed by atoms with van der Waals surface area (Å²) in [5.74, 6) is 1.12. The molecule has 0 saturated heterocycles. The lowest BCUT2D eigenvalue weighted by Crippen LogP contribution is -2.06. The Balaban J connectivity index is 2.26. The van der Waals surface area contributed by atoms with E-state index >= 15 is 0 Å². The Morgan fingerprint density at radius 3 is 2.80 bits per heavy atom. The molecule has 25 heavy (non-hydrogen) atoms. The number of hydrogen-bond donors (Lipinski definition) is 1. The summed E-state index contributed by atoms with van der Waals surface area (Å²) in [6, 6.07) is 7.88. The molecule has 0 radical (unpaired) electrons. The second-order valence-corrected chi connectivity index (χ2v) is 5.92. The van der Waals surface area contributed by atoms with E-state index in [9.17, 15) is 5.26 Å². The highest BCUT2D eigenvalue weighted by Crippen LogP contribution is 2.38. The van der Waals surface area contributed by atoms with E-state index in [4.69, 9.17) is 14.9 Å². The molecule has 0 aliphatic heterocycles. The largest absolute Gasteiger partial charge is 0.496 e. The summed E-state index contributed by atoms with van der Waals surface area (Å²) in [5, 5.41) is 10.3. The molecule has 0 bridgehead atoms. The molecule has 6 nitrogen and oxygen atoms in total. The number of nitriles is 1. The lowest BCUT2D eigenvalue weighted by atomic mass is 10.1. The number of furan rings is 1. The summed E-state index contributed by atoms with van der Waals surface area (Å²) in [7, 11) is 1.63. The maximum absolute atomic E-state index is 9.61. The van der Waals surface area contributed by atoms with Crippen LogP contribution in [0.5, 0.6) is 5.75 Å². The van der Waals surface area contributed by atoms with Crippen molar-refractivity contribution in [2.45, 2.75) is 13.8 Å². The van der Waals surface area contributed by atoms with Crippen molar-refractivity contribution < 1.29 is 9.15 Å². The minimum Gasteiger partial charge on any atom is -0.496 e. The molecule has 3 heterocycles. The summed E-state index contributed by atoms with van der Waals surface area (Å²) in [6.45, 7) is 3.97. The van der Waals surface area contributed by atoms with Crippen molar-refractivity contribution >= 4 is 27.8 Å². The first-order chi connectivity index (χ1) is 12.1. The average molecular weight is 332 g/mol. The van der Waals surface area contributed by atoms with E-state index in [1.807, 2.05) is 30.5 Å². The molecule has 0 unspecified atom stereocenters. The van der Waals surface area contributed by atoms with E-state index < -0.39 is 0 Å². The van der Waals surface area contributed by atoms with Crippen molar-refractivity contribution in [2.75, 3.05) is 12.8 Å². The van der Waals surface area contributed by atoms with Crippen molar-refractivity contribution in [2.24, 2.45) is 0 Å². The quantitative estimate of drug-likeness (QED) is 0.602. The Hall–Kier alpha value is -3.46. The number of nitrogens with two attached hydrogens (primary N) is 1. The number of pyridine rings is 1. The SMILES string of the molecule is COc1ccc(C)c(-n2c(N)c(C#N)c3cnc4ccoc4c32)c1C. The number of nitrogens with zero attached hydrogens (tertiary/aromatic N) is 3. The van der Waals surface area contributed by atoms with Crippen LogP contribution >= 0.6 is 0 Å².